The van der Waals surface area contributed by atoms with E-state index >= 15 is 0 Å². The van der Waals surface area contributed by atoms with E-state index in [1.165, 1.54) is 0 Å². The second-order valence-corrected chi connectivity index (χ2v) is 4.44. The van der Waals surface area contributed by atoms with E-state index in [9.17, 15) is 22.4 Å². The minimum Gasteiger partial charge on any atom is -0.486 e. The molecule has 0 unspecified atom stereocenters. The molecule has 0 spiro atoms. The van der Waals surface area contributed by atoms with Crippen LogP contribution in [0.2, 0.25) is 0 Å². The van der Waals surface area contributed by atoms with Crippen LogP contribution < -0.4 is 10.3 Å². The summed E-state index contributed by atoms with van der Waals surface area (Å²) in [6.07, 6.45) is -4.18. The number of alkyl halides is 3. The molecule has 0 fully saturated rings. The van der Waals surface area contributed by atoms with Crippen LogP contribution in [-0.2, 0) is 19.2 Å². The molecule has 8 heteroatoms. The highest BCUT2D eigenvalue weighted by atomic mass is 19.4. The number of aromatic amines is 1. The first-order chi connectivity index (χ1) is 10.3. The highest BCUT2D eigenvalue weighted by Gasteiger charge is 2.30. The molecule has 4 nitrogen and oxygen atoms in total. The Morgan fingerprint density at radius 2 is 1.86 bits per heavy atom. The van der Waals surface area contributed by atoms with Gasteiger partial charge in [-0.25, -0.2) is 4.98 Å². The van der Waals surface area contributed by atoms with Crippen LogP contribution in [0.1, 0.15) is 24.0 Å². The quantitative estimate of drug-likeness (QED) is 0.882. The molecule has 2 rings (SSSR count). The zero-order chi connectivity index (χ0) is 16.3. The average Bonchev–Trinajstić information content (AvgIpc) is 2.48. The topological polar surface area (TPSA) is 55.0 Å². The van der Waals surface area contributed by atoms with Gasteiger partial charge in [0, 0.05) is 0 Å². The van der Waals surface area contributed by atoms with E-state index in [-0.39, 0.29) is 30.3 Å². The van der Waals surface area contributed by atoms with E-state index < -0.39 is 23.1 Å². The first-order valence-corrected chi connectivity index (χ1v) is 6.39. The van der Waals surface area contributed by atoms with Crippen LogP contribution in [0.15, 0.2) is 29.1 Å². The fraction of sp³-hybridized carbons (Fsp3) is 0.286. The molecule has 0 radical (unpaired) electrons. The van der Waals surface area contributed by atoms with Gasteiger partial charge in [0.2, 0.25) is 5.82 Å². The van der Waals surface area contributed by atoms with Crippen molar-refractivity contribution in [3.8, 4) is 5.75 Å². The Kier molecular flexibility index (Phi) is 4.48. The highest BCUT2D eigenvalue weighted by molar-refractivity contribution is 5.28. The van der Waals surface area contributed by atoms with Gasteiger partial charge in [-0.2, -0.15) is 17.6 Å². The molecule has 0 aliphatic carbocycles. The summed E-state index contributed by atoms with van der Waals surface area (Å²) >= 11 is 0. The molecule has 118 valence electrons. The number of aromatic nitrogens is 2. The number of nitrogens with zero attached hydrogens (tertiary/aromatic N) is 1. The lowest BCUT2D eigenvalue weighted by atomic mass is 10.2. The van der Waals surface area contributed by atoms with Crippen molar-refractivity contribution < 1.29 is 22.3 Å². The molecule has 1 aromatic carbocycles. The van der Waals surface area contributed by atoms with Gasteiger partial charge in [-0.1, -0.05) is 6.92 Å². The van der Waals surface area contributed by atoms with Gasteiger partial charge in [-0.05, 0) is 30.7 Å². The molecular formula is C14H12F4N2O2. The molecule has 0 amide bonds. The number of rotatable bonds is 4. The molecule has 0 saturated carbocycles. The minimum atomic E-state index is -4.42. The Hall–Kier alpha value is -2.38. The number of H-pyrrole nitrogens is 1. The number of ether oxygens (including phenoxy) is 1. The van der Waals surface area contributed by atoms with Gasteiger partial charge in [0.15, 0.2) is 0 Å². The van der Waals surface area contributed by atoms with Crippen LogP contribution in [0, 0.1) is 5.82 Å². The van der Waals surface area contributed by atoms with Crippen molar-refractivity contribution in [2.24, 2.45) is 0 Å². The molecule has 2 aromatic rings. The predicted molar refractivity (Wildman–Crippen MR) is 70.0 cm³/mol. The molecule has 0 aliphatic heterocycles. The van der Waals surface area contributed by atoms with E-state index in [1.807, 2.05) is 0 Å². The molecule has 22 heavy (non-hydrogen) atoms. The number of hydrogen-bond acceptors (Lipinski definition) is 3. The molecule has 1 aromatic heterocycles. The summed E-state index contributed by atoms with van der Waals surface area (Å²) < 4.78 is 55.8. The summed E-state index contributed by atoms with van der Waals surface area (Å²) in [5.41, 5.74) is -1.69. The van der Waals surface area contributed by atoms with Crippen molar-refractivity contribution in [3.63, 3.8) is 0 Å². The Morgan fingerprint density at radius 3 is 2.41 bits per heavy atom. The van der Waals surface area contributed by atoms with Gasteiger partial charge in [-0.3, -0.25) is 4.79 Å². The van der Waals surface area contributed by atoms with Crippen molar-refractivity contribution in [3.05, 3.63) is 57.5 Å². The molecule has 0 aliphatic rings. The third-order valence-corrected chi connectivity index (χ3v) is 2.87. The summed E-state index contributed by atoms with van der Waals surface area (Å²) in [7, 11) is 0. The summed E-state index contributed by atoms with van der Waals surface area (Å²) in [6, 6.07) is 4.08. The van der Waals surface area contributed by atoms with Crippen LogP contribution in [-0.4, -0.2) is 9.97 Å². The monoisotopic (exact) mass is 316 g/mol. The van der Waals surface area contributed by atoms with Crippen LogP contribution in [0.3, 0.4) is 0 Å². The van der Waals surface area contributed by atoms with Crippen LogP contribution >= 0.6 is 0 Å². The maximum absolute atomic E-state index is 13.3. The largest absolute Gasteiger partial charge is 0.486 e. The minimum absolute atomic E-state index is 0.00905. The SMILES string of the molecule is CCc1nc(COc2ccc(C(F)(F)F)cc2)[nH]c(=O)c1F. The van der Waals surface area contributed by atoms with Crippen LogP contribution in [0.25, 0.3) is 0 Å². The third kappa shape index (κ3) is 3.63. The standard InChI is InChI=1S/C14H12F4N2O2/c1-2-10-12(15)13(21)20-11(19-10)7-22-9-5-3-8(4-6-9)14(16,17)18/h3-6H,2,7H2,1H3,(H,19,20,21). The average molecular weight is 316 g/mol. The third-order valence-electron chi connectivity index (χ3n) is 2.87. The van der Waals surface area contributed by atoms with Crippen LogP contribution in [0.4, 0.5) is 17.6 Å². The van der Waals surface area contributed by atoms with Gasteiger partial charge < -0.3 is 9.72 Å². The lowest BCUT2D eigenvalue weighted by molar-refractivity contribution is -0.137. The van der Waals surface area contributed by atoms with Gasteiger partial charge in [0.05, 0.1) is 11.3 Å². The molecule has 0 bridgehead atoms. The number of hydrogen-bond donors (Lipinski definition) is 1. The highest BCUT2D eigenvalue weighted by Crippen LogP contribution is 2.30. The maximum Gasteiger partial charge on any atom is 0.416 e. The van der Waals surface area contributed by atoms with Gasteiger partial charge in [0.25, 0.3) is 5.56 Å². The normalized spacial score (nSPS) is 11.5. The summed E-state index contributed by atoms with van der Waals surface area (Å²) in [4.78, 5) is 17.4. The fourth-order valence-corrected chi connectivity index (χ4v) is 1.75. The van der Waals surface area contributed by atoms with E-state index in [4.69, 9.17) is 4.74 Å². The van der Waals surface area contributed by atoms with E-state index in [0.717, 1.165) is 24.3 Å². The Balaban J connectivity index is 2.10. The fourth-order valence-electron chi connectivity index (χ4n) is 1.75. The Bertz CT molecular complexity index is 708. The molecule has 1 heterocycles. The first-order valence-electron chi connectivity index (χ1n) is 6.39. The van der Waals surface area contributed by atoms with Crippen molar-refractivity contribution >= 4 is 0 Å². The van der Waals surface area contributed by atoms with Gasteiger partial charge >= 0.3 is 6.18 Å². The van der Waals surface area contributed by atoms with Crippen molar-refractivity contribution in [2.75, 3.05) is 0 Å². The number of aryl methyl sites for hydroxylation is 1. The van der Waals surface area contributed by atoms with Crippen LogP contribution in [0.5, 0.6) is 5.75 Å². The second kappa shape index (κ2) is 6.17. The van der Waals surface area contributed by atoms with Crippen molar-refractivity contribution in [1.82, 2.24) is 9.97 Å². The summed E-state index contributed by atoms with van der Waals surface area (Å²) in [6.45, 7) is 1.46. The number of nitrogens with one attached hydrogen (secondary N) is 1. The zero-order valence-corrected chi connectivity index (χ0v) is 11.5. The first kappa shape index (κ1) is 16.0. The molecule has 1 N–H and O–H groups in total. The van der Waals surface area contributed by atoms with Crippen molar-refractivity contribution in [1.29, 1.82) is 0 Å². The van der Waals surface area contributed by atoms with Crippen molar-refractivity contribution in [2.45, 2.75) is 26.1 Å². The lowest BCUT2D eigenvalue weighted by Crippen LogP contribution is -2.19. The summed E-state index contributed by atoms with van der Waals surface area (Å²) in [5.74, 6) is -0.665. The van der Waals surface area contributed by atoms with Gasteiger partial charge in [0.1, 0.15) is 18.2 Å². The maximum atomic E-state index is 13.3. The molecular weight excluding hydrogens is 304 g/mol. The Labute approximate surface area is 122 Å². The lowest BCUT2D eigenvalue weighted by Gasteiger charge is -2.09. The van der Waals surface area contributed by atoms with Gasteiger partial charge in [-0.15, -0.1) is 0 Å². The summed E-state index contributed by atoms with van der Waals surface area (Å²) in [5, 5.41) is 0. The van der Waals surface area contributed by atoms with E-state index in [2.05, 4.69) is 9.97 Å². The molecule has 0 saturated heterocycles. The number of halogens is 4. The van der Waals surface area contributed by atoms with E-state index in [0.29, 0.717) is 0 Å². The Morgan fingerprint density at radius 1 is 1.23 bits per heavy atom. The second-order valence-electron chi connectivity index (χ2n) is 4.44. The predicted octanol–water partition coefficient (Wildman–Crippen LogP) is 3.07. The van der Waals surface area contributed by atoms with E-state index in [1.54, 1.807) is 6.92 Å². The smallest absolute Gasteiger partial charge is 0.416 e. The number of benzene rings is 1. The zero-order valence-electron chi connectivity index (χ0n) is 11.5. The molecule has 0 atom stereocenters.